The van der Waals surface area contributed by atoms with E-state index < -0.39 is 40.2 Å². The summed E-state index contributed by atoms with van der Waals surface area (Å²) in [4.78, 5) is 25.2. The quantitative estimate of drug-likeness (QED) is 0.544. The maximum atomic E-state index is 14.0. The number of rotatable bonds is 7. The summed E-state index contributed by atoms with van der Waals surface area (Å²) in [5, 5.41) is 19.2. The molecule has 1 amide bonds. The first-order valence-corrected chi connectivity index (χ1v) is 11.8. The third kappa shape index (κ3) is 4.81. The molecule has 0 bridgehead atoms. The molecule has 1 heterocycles. The normalized spacial score (nSPS) is 12.4. The van der Waals surface area contributed by atoms with Crippen LogP contribution in [0.15, 0.2) is 59.5 Å². The Hall–Kier alpha value is -3.50. The molecular formula is C23H23FN2O6S. The second-order valence-corrected chi connectivity index (χ2v) is 9.55. The average Bonchev–Trinajstić information content (AvgIpc) is 3.07. The Balaban J connectivity index is 2.30. The number of amides is 1. The number of hydrogen-bond donors (Lipinski definition) is 2. The predicted molar refractivity (Wildman–Crippen MR) is 121 cm³/mol. The van der Waals surface area contributed by atoms with E-state index in [1.807, 2.05) is 0 Å². The lowest BCUT2D eigenvalue weighted by Crippen LogP contribution is -2.46. The highest BCUT2D eigenvalue weighted by Gasteiger charge is 2.32. The van der Waals surface area contributed by atoms with Crippen LogP contribution < -0.4 is 4.90 Å². The summed E-state index contributed by atoms with van der Waals surface area (Å²) in [6.07, 6.45) is 1.09. The highest BCUT2D eigenvalue weighted by Crippen LogP contribution is 2.36. The minimum Gasteiger partial charge on any atom is -0.480 e. The topological polar surface area (TPSA) is 117 Å². The fraction of sp³-hybridized carbons (Fsp3) is 0.217. The second-order valence-electron chi connectivity index (χ2n) is 7.54. The van der Waals surface area contributed by atoms with Crippen LogP contribution in [0.4, 0.5) is 10.1 Å². The van der Waals surface area contributed by atoms with Gasteiger partial charge in [0, 0.05) is 24.6 Å². The second kappa shape index (κ2) is 9.16. The zero-order chi connectivity index (χ0) is 24.5. The molecule has 33 heavy (non-hydrogen) atoms. The van der Waals surface area contributed by atoms with Gasteiger partial charge in [-0.15, -0.1) is 0 Å². The first kappa shape index (κ1) is 24.1. The van der Waals surface area contributed by atoms with Crippen molar-refractivity contribution in [2.75, 3.05) is 17.8 Å². The number of carbonyl (C=O) groups excluding carboxylic acids is 1. The van der Waals surface area contributed by atoms with Gasteiger partial charge in [-0.3, -0.25) is 9.69 Å². The summed E-state index contributed by atoms with van der Waals surface area (Å²) in [6.45, 7) is 2.02. The van der Waals surface area contributed by atoms with Crippen LogP contribution >= 0.6 is 0 Å². The van der Waals surface area contributed by atoms with Crippen molar-refractivity contribution in [3.05, 3.63) is 66.1 Å². The molecule has 0 spiro atoms. The Kier molecular flexibility index (Phi) is 6.71. The SMILES string of the molecule is CC(=O)N(c1cc(-c2ccc(S(C)(=O)=O)cc2)n(-c2cccc(F)c2)c1C)C(CO)C(=O)O. The van der Waals surface area contributed by atoms with Gasteiger partial charge in [0.25, 0.3) is 0 Å². The maximum absolute atomic E-state index is 14.0. The van der Waals surface area contributed by atoms with E-state index in [2.05, 4.69) is 0 Å². The molecule has 174 valence electrons. The third-order valence-electron chi connectivity index (χ3n) is 5.23. The van der Waals surface area contributed by atoms with Crippen molar-refractivity contribution in [3.63, 3.8) is 0 Å². The minimum absolute atomic E-state index is 0.114. The van der Waals surface area contributed by atoms with E-state index in [9.17, 15) is 32.6 Å². The summed E-state index contributed by atoms with van der Waals surface area (Å²) in [5.41, 5.74) is 2.09. The number of aliphatic hydroxyl groups is 1. The van der Waals surface area contributed by atoms with Crippen molar-refractivity contribution in [2.24, 2.45) is 0 Å². The summed E-state index contributed by atoms with van der Waals surface area (Å²) in [5.74, 6) is -2.48. The summed E-state index contributed by atoms with van der Waals surface area (Å²) in [7, 11) is -3.42. The molecule has 1 atom stereocenters. The van der Waals surface area contributed by atoms with Crippen LogP contribution in [0.1, 0.15) is 12.6 Å². The minimum atomic E-state index is -3.42. The number of aromatic nitrogens is 1. The third-order valence-corrected chi connectivity index (χ3v) is 6.36. The molecule has 1 aromatic heterocycles. The smallest absolute Gasteiger partial charge is 0.329 e. The molecule has 0 fully saturated rings. The molecule has 0 saturated carbocycles. The Morgan fingerprint density at radius 3 is 2.24 bits per heavy atom. The molecule has 3 rings (SSSR count). The van der Waals surface area contributed by atoms with E-state index in [1.54, 1.807) is 35.8 Å². The number of carbonyl (C=O) groups is 2. The van der Waals surface area contributed by atoms with Crippen LogP contribution in [0.5, 0.6) is 0 Å². The molecule has 10 heteroatoms. The maximum Gasteiger partial charge on any atom is 0.329 e. The van der Waals surface area contributed by atoms with E-state index in [0.29, 0.717) is 22.6 Å². The van der Waals surface area contributed by atoms with Gasteiger partial charge in [-0.2, -0.15) is 0 Å². The first-order chi connectivity index (χ1) is 15.5. The lowest BCUT2D eigenvalue weighted by Gasteiger charge is -2.26. The molecule has 0 radical (unpaired) electrons. The lowest BCUT2D eigenvalue weighted by atomic mass is 10.1. The van der Waals surface area contributed by atoms with Gasteiger partial charge in [-0.05, 0) is 48.9 Å². The fourth-order valence-corrected chi connectivity index (χ4v) is 4.33. The molecular weight excluding hydrogens is 451 g/mol. The van der Waals surface area contributed by atoms with Crippen LogP contribution in [0.2, 0.25) is 0 Å². The number of anilines is 1. The molecule has 0 aliphatic carbocycles. The van der Waals surface area contributed by atoms with Crippen molar-refractivity contribution in [1.82, 2.24) is 4.57 Å². The van der Waals surface area contributed by atoms with E-state index in [1.165, 1.54) is 37.3 Å². The van der Waals surface area contributed by atoms with Crippen LogP contribution in [0.3, 0.4) is 0 Å². The largest absolute Gasteiger partial charge is 0.480 e. The van der Waals surface area contributed by atoms with Crippen LogP contribution in [0, 0.1) is 12.7 Å². The van der Waals surface area contributed by atoms with E-state index in [4.69, 9.17) is 0 Å². The summed E-state index contributed by atoms with van der Waals surface area (Å²) in [6, 6.07) is 11.8. The number of nitrogens with zero attached hydrogens (tertiary/aromatic N) is 2. The van der Waals surface area contributed by atoms with Gasteiger partial charge in [0.2, 0.25) is 5.91 Å². The van der Waals surface area contributed by atoms with E-state index in [0.717, 1.165) is 11.2 Å². The van der Waals surface area contributed by atoms with Crippen LogP contribution in [-0.2, 0) is 19.4 Å². The van der Waals surface area contributed by atoms with Gasteiger partial charge in [0.05, 0.1) is 22.9 Å². The lowest BCUT2D eigenvalue weighted by molar-refractivity contribution is -0.141. The van der Waals surface area contributed by atoms with Gasteiger partial charge >= 0.3 is 5.97 Å². The van der Waals surface area contributed by atoms with Gasteiger partial charge in [-0.1, -0.05) is 18.2 Å². The Morgan fingerprint density at radius 2 is 1.76 bits per heavy atom. The number of aliphatic hydroxyl groups excluding tert-OH is 1. The zero-order valence-corrected chi connectivity index (χ0v) is 19.0. The van der Waals surface area contributed by atoms with Crippen LogP contribution in [0.25, 0.3) is 16.9 Å². The average molecular weight is 475 g/mol. The first-order valence-electron chi connectivity index (χ1n) is 9.88. The van der Waals surface area contributed by atoms with E-state index >= 15 is 0 Å². The Bertz CT molecular complexity index is 1320. The van der Waals surface area contributed by atoms with Gasteiger partial charge in [-0.25, -0.2) is 17.6 Å². The van der Waals surface area contributed by atoms with E-state index in [-0.39, 0.29) is 10.6 Å². The molecule has 0 aliphatic rings. The molecule has 2 N–H and O–H groups in total. The predicted octanol–water partition coefficient (Wildman–Crippen LogP) is 2.79. The molecule has 8 nitrogen and oxygen atoms in total. The standard InChI is InChI=1S/C23H23FN2O6S/c1-14-20(26(15(2)28)22(13-27)23(29)30)12-21(25(14)18-6-4-5-17(24)11-18)16-7-9-19(10-8-16)33(3,31)32/h4-12,22,27H,13H2,1-3H3,(H,29,30). The summed E-state index contributed by atoms with van der Waals surface area (Å²) < 4.78 is 39.3. The number of carboxylic acid groups (broad SMARTS) is 1. The fourth-order valence-electron chi connectivity index (χ4n) is 3.70. The number of sulfone groups is 1. The Labute approximate surface area is 190 Å². The molecule has 3 aromatic rings. The highest BCUT2D eigenvalue weighted by molar-refractivity contribution is 7.90. The number of carboxylic acids is 1. The number of hydrogen-bond acceptors (Lipinski definition) is 5. The monoisotopic (exact) mass is 474 g/mol. The van der Waals surface area contributed by atoms with Crippen LogP contribution in [-0.4, -0.2) is 54.0 Å². The van der Waals surface area contributed by atoms with Gasteiger partial charge in [0.15, 0.2) is 15.9 Å². The zero-order valence-electron chi connectivity index (χ0n) is 18.2. The number of aliphatic carboxylic acids is 1. The number of benzene rings is 2. The molecule has 0 aliphatic heterocycles. The molecule has 0 saturated heterocycles. The Morgan fingerprint density at radius 1 is 1.12 bits per heavy atom. The summed E-state index contributed by atoms with van der Waals surface area (Å²) >= 11 is 0. The van der Waals surface area contributed by atoms with Crippen molar-refractivity contribution < 1.29 is 32.6 Å². The van der Waals surface area contributed by atoms with Gasteiger partial charge in [0.1, 0.15) is 5.82 Å². The molecule has 2 aromatic carbocycles. The molecule has 1 unspecified atom stereocenters. The van der Waals surface area contributed by atoms with Crippen molar-refractivity contribution >= 4 is 27.4 Å². The highest BCUT2D eigenvalue weighted by atomic mass is 32.2. The van der Waals surface area contributed by atoms with Crippen molar-refractivity contribution in [1.29, 1.82) is 0 Å². The van der Waals surface area contributed by atoms with Gasteiger partial charge < -0.3 is 14.8 Å². The number of halogens is 1. The van der Waals surface area contributed by atoms with Crippen molar-refractivity contribution in [2.45, 2.75) is 24.8 Å². The van der Waals surface area contributed by atoms with Crippen molar-refractivity contribution in [3.8, 4) is 16.9 Å².